The van der Waals surface area contributed by atoms with E-state index < -0.39 is 11.8 Å². The van der Waals surface area contributed by atoms with Crippen molar-refractivity contribution in [2.45, 2.75) is 0 Å². The number of halogens is 1. The molecule has 0 amide bonds. The highest BCUT2D eigenvalue weighted by atomic mass is 19.1. The molecule has 7 nitrogen and oxygen atoms in total. The Morgan fingerprint density at radius 1 is 1.13 bits per heavy atom. The maximum atomic E-state index is 14.4. The third-order valence-electron chi connectivity index (χ3n) is 4.95. The molecule has 158 valence electrons. The largest absolute Gasteiger partial charge is 0.490 e. The number of benzene rings is 2. The number of ether oxygens (including phenoxy) is 2. The topological polar surface area (TPSA) is 102 Å². The fourth-order valence-corrected chi connectivity index (χ4v) is 3.30. The van der Waals surface area contributed by atoms with Crippen molar-refractivity contribution in [3.8, 4) is 5.75 Å². The van der Waals surface area contributed by atoms with Crippen LogP contribution in [0.1, 0.15) is 15.9 Å². The van der Waals surface area contributed by atoms with Crippen LogP contribution in [-0.4, -0.2) is 48.0 Å². The summed E-state index contributed by atoms with van der Waals surface area (Å²) in [4.78, 5) is 18.1. The van der Waals surface area contributed by atoms with E-state index in [4.69, 9.17) is 20.6 Å². The van der Waals surface area contributed by atoms with Crippen molar-refractivity contribution in [2.24, 2.45) is 0 Å². The molecule has 0 saturated carbocycles. The monoisotopic (exact) mass is 420 g/mol. The molecule has 0 saturated heterocycles. The number of carbonyl (C=O) groups excluding carboxylic acids is 1. The fourth-order valence-electron chi connectivity index (χ4n) is 3.30. The first-order valence-electron chi connectivity index (χ1n) is 9.75. The Morgan fingerprint density at radius 3 is 2.71 bits per heavy atom. The lowest BCUT2D eigenvalue weighted by Crippen LogP contribution is -2.28. The number of rotatable bonds is 6. The van der Waals surface area contributed by atoms with E-state index in [2.05, 4.69) is 4.98 Å². The third-order valence-corrected chi connectivity index (χ3v) is 4.95. The van der Waals surface area contributed by atoms with Crippen molar-refractivity contribution < 1.29 is 18.7 Å². The minimum Gasteiger partial charge on any atom is -0.490 e. The molecule has 3 aromatic rings. The van der Waals surface area contributed by atoms with Crippen molar-refractivity contribution in [3.05, 3.63) is 77.8 Å². The molecule has 0 aliphatic carbocycles. The van der Waals surface area contributed by atoms with Crippen LogP contribution in [-0.2, 0) is 4.74 Å². The number of carbonyl (C=O) groups is 1. The van der Waals surface area contributed by atoms with Crippen LogP contribution in [0.2, 0.25) is 0 Å². The van der Waals surface area contributed by atoms with Gasteiger partial charge in [-0.15, -0.1) is 0 Å². The predicted molar refractivity (Wildman–Crippen MR) is 116 cm³/mol. The van der Waals surface area contributed by atoms with Gasteiger partial charge in [0, 0.05) is 30.2 Å². The number of amidine groups is 1. The first-order chi connectivity index (χ1) is 15.0. The first-order valence-corrected chi connectivity index (χ1v) is 9.75. The second-order valence-corrected chi connectivity index (χ2v) is 6.98. The summed E-state index contributed by atoms with van der Waals surface area (Å²) >= 11 is 0. The minimum absolute atomic E-state index is 0.0458. The number of nitrogens with one attached hydrogen (secondary N) is 1. The Labute approximate surface area is 178 Å². The molecular formula is C23H21FN4O3. The van der Waals surface area contributed by atoms with Crippen molar-refractivity contribution in [1.29, 1.82) is 5.41 Å². The van der Waals surface area contributed by atoms with E-state index in [0.717, 1.165) is 10.8 Å². The van der Waals surface area contributed by atoms with E-state index in [1.165, 1.54) is 12.1 Å². The fraction of sp³-hybridized carbons (Fsp3) is 0.174. The molecule has 1 aliphatic rings. The Bertz CT molecular complexity index is 1170. The van der Waals surface area contributed by atoms with Gasteiger partial charge in [-0.1, -0.05) is 24.3 Å². The second-order valence-electron chi connectivity index (χ2n) is 6.98. The van der Waals surface area contributed by atoms with Gasteiger partial charge < -0.3 is 20.1 Å². The first kappa shape index (κ1) is 20.3. The summed E-state index contributed by atoms with van der Waals surface area (Å²) in [6, 6.07) is 11.3. The summed E-state index contributed by atoms with van der Waals surface area (Å²) in [6.07, 6.45) is 5.53. The maximum absolute atomic E-state index is 14.4. The van der Waals surface area contributed by atoms with Gasteiger partial charge in [0.15, 0.2) is 0 Å². The van der Waals surface area contributed by atoms with Crippen LogP contribution >= 0.6 is 0 Å². The van der Waals surface area contributed by atoms with E-state index >= 15 is 0 Å². The number of pyridine rings is 1. The number of esters is 1. The van der Waals surface area contributed by atoms with Crippen LogP contribution in [0, 0.1) is 11.2 Å². The van der Waals surface area contributed by atoms with Gasteiger partial charge in [-0.2, -0.15) is 0 Å². The van der Waals surface area contributed by atoms with Crippen LogP contribution in [0.5, 0.6) is 5.75 Å². The summed E-state index contributed by atoms with van der Waals surface area (Å²) in [5, 5.41) is 9.87. The lowest BCUT2D eigenvalue weighted by molar-refractivity contribution is 0.0445. The third kappa shape index (κ3) is 4.48. The number of nitrogens with two attached hydrogens (primary N) is 1. The summed E-state index contributed by atoms with van der Waals surface area (Å²) in [5.74, 6) is -0.327. The Morgan fingerprint density at radius 2 is 1.94 bits per heavy atom. The molecule has 0 atom stereocenters. The lowest BCUT2D eigenvalue weighted by Gasteiger charge is -2.18. The Balaban J connectivity index is 1.31. The summed E-state index contributed by atoms with van der Waals surface area (Å²) in [6.45, 7) is 1.29. The smallest absolute Gasteiger partial charge is 0.341 e. The van der Waals surface area contributed by atoms with Gasteiger partial charge in [-0.25, -0.2) is 14.2 Å². The number of nitrogens with zero attached hydrogens (tertiary/aromatic N) is 2. The van der Waals surface area contributed by atoms with Crippen LogP contribution in [0.15, 0.2) is 60.8 Å². The van der Waals surface area contributed by atoms with Crippen LogP contribution in [0.3, 0.4) is 0 Å². The quantitative estimate of drug-likeness (QED) is 0.208. The second kappa shape index (κ2) is 8.83. The number of aromatic nitrogens is 1. The molecule has 0 radical (unpaired) electrons. The van der Waals surface area contributed by atoms with E-state index in [0.29, 0.717) is 30.2 Å². The van der Waals surface area contributed by atoms with Gasteiger partial charge in [-0.05, 0) is 35.7 Å². The molecule has 8 heteroatoms. The highest BCUT2D eigenvalue weighted by molar-refractivity contribution is 5.98. The highest BCUT2D eigenvalue weighted by Gasteiger charge is 2.18. The normalized spacial score (nSPS) is 12.9. The lowest BCUT2D eigenvalue weighted by atomic mass is 10.1. The van der Waals surface area contributed by atoms with Crippen molar-refractivity contribution in [3.63, 3.8) is 0 Å². The number of nitrogen functional groups attached to an aromatic ring is 1. The Kier molecular flexibility index (Phi) is 5.79. The van der Waals surface area contributed by atoms with E-state index in [-0.39, 0.29) is 24.6 Å². The van der Waals surface area contributed by atoms with Crippen molar-refractivity contribution in [2.75, 3.05) is 32.0 Å². The maximum Gasteiger partial charge on any atom is 0.341 e. The Hall–Kier alpha value is -3.94. The summed E-state index contributed by atoms with van der Waals surface area (Å²) in [7, 11) is 0. The number of hydrogen-bond donors (Lipinski definition) is 2. The summed E-state index contributed by atoms with van der Waals surface area (Å²) < 4.78 is 25.2. The van der Waals surface area contributed by atoms with Crippen LogP contribution in [0.4, 0.5) is 10.2 Å². The highest BCUT2D eigenvalue weighted by Crippen LogP contribution is 2.24. The van der Waals surface area contributed by atoms with Gasteiger partial charge in [-0.3, -0.25) is 5.41 Å². The zero-order chi connectivity index (χ0) is 21.8. The molecule has 0 bridgehead atoms. The van der Waals surface area contributed by atoms with Gasteiger partial charge in [0.25, 0.3) is 0 Å². The minimum atomic E-state index is -0.783. The standard InChI is InChI=1S/C23H21FN4O3/c24-20-13-16(22(26)28-9-1-2-10-28)4-6-18(20)23(29)31-12-11-30-17-5-3-15-7-8-27-21(25)19(15)14-17/h1-8,13-14,26H,9-12H2,(H2,25,27). The van der Waals surface area contributed by atoms with E-state index in [1.807, 2.05) is 24.3 Å². The average Bonchev–Trinajstić information content (AvgIpc) is 3.31. The van der Waals surface area contributed by atoms with E-state index in [9.17, 15) is 9.18 Å². The average molecular weight is 420 g/mol. The summed E-state index contributed by atoms with van der Waals surface area (Å²) in [5.41, 5.74) is 6.10. The molecule has 4 rings (SSSR count). The molecule has 0 fully saturated rings. The molecule has 3 N–H and O–H groups in total. The predicted octanol–water partition coefficient (Wildman–Crippen LogP) is 3.39. The number of fused-ring (bicyclic) bond motifs is 1. The molecule has 1 aromatic heterocycles. The zero-order valence-corrected chi connectivity index (χ0v) is 16.7. The van der Waals surface area contributed by atoms with E-state index in [1.54, 1.807) is 29.3 Å². The number of hydrogen-bond acceptors (Lipinski definition) is 6. The molecular weight excluding hydrogens is 399 g/mol. The van der Waals surface area contributed by atoms with Crippen molar-refractivity contribution in [1.82, 2.24) is 9.88 Å². The van der Waals surface area contributed by atoms with Crippen molar-refractivity contribution >= 4 is 28.4 Å². The van der Waals surface area contributed by atoms with Crippen LogP contribution < -0.4 is 10.5 Å². The molecule has 1 aliphatic heterocycles. The van der Waals surface area contributed by atoms with Gasteiger partial charge in [0.05, 0.1) is 5.56 Å². The molecule has 0 unspecified atom stereocenters. The van der Waals surface area contributed by atoms with Gasteiger partial charge in [0.2, 0.25) is 0 Å². The van der Waals surface area contributed by atoms with Gasteiger partial charge >= 0.3 is 5.97 Å². The molecule has 2 heterocycles. The zero-order valence-electron chi connectivity index (χ0n) is 16.7. The van der Waals surface area contributed by atoms with Gasteiger partial charge in [0.1, 0.15) is 36.4 Å². The number of anilines is 1. The molecule has 0 spiro atoms. The SMILES string of the molecule is N=C(c1ccc(C(=O)OCCOc2ccc3ccnc(N)c3c2)c(F)c1)N1CC=CC1. The molecule has 2 aromatic carbocycles. The molecule has 31 heavy (non-hydrogen) atoms. The van der Waals surface area contributed by atoms with Crippen LogP contribution in [0.25, 0.3) is 10.8 Å².